The van der Waals surface area contributed by atoms with Crippen molar-refractivity contribution in [2.45, 2.75) is 13.0 Å². The van der Waals surface area contributed by atoms with E-state index >= 15 is 0 Å². The molecule has 1 aromatic carbocycles. The second kappa shape index (κ2) is 6.25. The van der Waals surface area contributed by atoms with Gasteiger partial charge < -0.3 is 15.2 Å². The SMILES string of the molecule is CC(=O)OC(CNC(=O)O)CN1C(=O)c2ccccc2C1=O. The Morgan fingerprint density at radius 2 is 1.77 bits per heavy atom. The van der Waals surface area contributed by atoms with E-state index in [1.807, 2.05) is 0 Å². The van der Waals surface area contributed by atoms with E-state index in [4.69, 9.17) is 9.84 Å². The number of rotatable bonds is 5. The van der Waals surface area contributed by atoms with Crippen LogP contribution >= 0.6 is 0 Å². The number of amides is 3. The molecule has 8 nitrogen and oxygen atoms in total. The molecule has 8 heteroatoms. The van der Waals surface area contributed by atoms with Gasteiger partial charge in [-0.15, -0.1) is 0 Å². The van der Waals surface area contributed by atoms with Crippen LogP contribution < -0.4 is 5.32 Å². The molecule has 1 heterocycles. The highest BCUT2D eigenvalue weighted by Gasteiger charge is 2.37. The molecule has 0 saturated carbocycles. The van der Waals surface area contributed by atoms with Gasteiger partial charge in [0.05, 0.1) is 24.2 Å². The number of hydrogen-bond acceptors (Lipinski definition) is 5. The molecule has 0 fully saturated rings. The molecule has 1 aliphatic rings. The Morgan fingerprint density at radius 1 is 1.23 bits per heavy atom. The summed E-state index contributed by atoms with van der Waals surface area (Å²) in [7, 11) is 0. The minimum atomic E-state index is -1.29. The van der Waals surface area contributed by atoms with Gasteiger partial charge >= 0.3 is 12.1 Å². The summed E-state index contributed by atoms with van der Waals surface area (Å²) < 4.78 is 4.95. The molecule has 0 radical (unpaired) electrons. The van der Waals surface area contributed by atoms with E-state index in [9.17, 15) is 19.2 Å². The summed E-state index contributed by atoms with van der Waals surface area (Å²) in [5, 5.41) is 10.7. The van der Waals surface area contributed by atoms with Crippen molar-refractivity contribution >= 4 is 23.9 Å². The number of esters is 1. The second-order valence-corrected chi connectivity index (χ2v) is 4.68. The quantitative estimate of drug-likeness (QED) is 0.604. The van der Waals surface area contributed by atoms with E-state index in [1.54, 1.807) is 12.1 Å². The Labute approximate surface area is 125 Å². The Kier molecular flexibility index (Phi) is 4.40. The number of nitrogens with one attached hydrogen (secondary N) is 1. The van der Waals surface area contributed by atoms with Gasteiger partial charge in [0.1, 0.15) is 6.10 Å². The highest BCUT2D eigenvalue weighted by Crippen LogP contribution is 2.22. The van der Waals surface area contributed by atoms with Crippen LogP contribution in [0.2, 0.25) is 0 Å². The van der Waals surface area contributed by atoms with E-state index in [0.717, 1.165) is 11.8 Å². The maximum Gasteiger partial charge on any atom is 0.404 e. The van der Waals surface area contributed by atoms with Crippen LogP contribution in [0, 0.1) is 0 Å². The standard InChI is InChI=1S/C14H14N2O6/c1-8(17)22-9(6-15-14(20)21)7-16-12(18)10-4-2-3-5-11(10)13(16)19/h2-5,9,15H,6-7H2,1H3,(H,20,21). The minimum absolute atomic E-state index is 0.216. The molecule has 1 unspecified atom stereocenters. The van der Waals surface area contributed by atoms with Crippen molar-refractivity contribution in [3.63, 3.8) is 0 Å². The van der Waals surface area contributed by atoms with Crippen LogP contribution in [-0.2, 0) is 9.53 Å². The Morgan fingerprint density at radius 3 is 2.23 bits per heavy atom. The van der Waals surface area contributed by atoms with Crippen LogP contribution in [-0.4, -0.2) is 53.1 Å². The fraction of sp³-hybridized carbons (Fsp3) is 0.286. The highest BCUT2D eigenvalue weighted by molar-refractivity contribution is 6.21. The lowest BCUT2D eigenvalue weighted by Gasteiger charge is -2.22. The monoisotopic (exact) mass is 306 g/mol. The molecule has 0 saturated heterocycles. The largest absolute Gasteiger partial charge is 0.465 e. The molecule has 0 aliphatic carbocycles. The zero-order chi connectivity index (χ0) is 16.3. The lowest BCUT2D eigenvalue weighted by molar-refractivity contribution is -0.146. The van der Waals surface area contributed by atoms with Crippen LogP contribution in [0.4, 0.5) is 4.79 Å². The molecule has 3 amide bonds. The van der Waals surface area contributed by atoms with Crippen molar-refractivity contribution < 1.29 is 29.0 Å². The molecule has 1 atom stereocenters. The summed E-state index contributed by atoms with van der Waals surface area (Å²) in [6.45, 7) is 0.727. The maximum absolute atomic E-state index is 12.2. The van der Waals surface area contributed by atoms with E-state index in [1.165, 1.54) is 12.1 Å². The van der Waals surface area contributed by atoms with Crippen molar-refractivity contribution in [3.8, 4) is 0 Å². The van der Waals surface area contributed by atoms with E-state index in [0.29, 0.717) is 0 Å². The Bertz CT molecular complexity index is 607. The number of ether oxygens (including phenoxy) is 1. The first-order valence-electron chi connectivity index (χ1n) is 6.49. The topological polar surface area (TPSA) is 113 Å². The normalized spacial score (nSPS) is 14.5. The van der Waals surface area contributed by atoms with Crippen molar-refractivity contribution in [3.05, 3.63) is 35.4 Å². The molecule has 1 aliphatic heterocycles. The Hall–Kier alpha value is -2.90. The van der Waals surface area contributed by atoms with Crippen molar-refractivity contribution in [2.75, 3.05) is 13.1 Å². The van der Waals surface area contributed by atoms with E-state index in [2.05, 4.69) is 5.32 Å². The van der Waals surface area contributed by atoms with E-state index in [-0.39, 0.29) is 24.2 Å². The molecular weight excluding hydrogens is 292 g/mol. The van der Waals surface area contributed by atoms with Gasteiger partial charge in [0.15, 0.2) is 0 Å². The van der Waals surface area contributed by atoms with Gasteiger partial charge in [-0.25, -0.2) is 4.79 Å². The molecule has 0 spiro atoms. The summed E-state index contributed by atoms with van der Waals surface area (Å²) in [6, 6.07) is 6.35. The Balaban J connectivity index is 2.13. The second-order valence-electron chi connectivity index (χ2n) is 4.68. The number of carboxylic acid groups (broad SMARTS) is 1. The third-order valence-corrected chi connectivity index (χ3v) is 3.08. The predicted molar refractivity (Wildman–Crippen MR) is 73.4 cm³/mol. The van der Waals surface area contributed by atoms with Crippen LogP contribution in [0.15, 0.2) is 24.3 Å². The van der Waals surface area contributed by atoms with Crippen molar-refractivity contribution in [1.82, 2.24) is 10.2 Å². The minimum Gasteiger partial charge on any atom is -0.465 e. The van der Waals surface area contributed by atoms with Crippen molar-refractivity contribution in [1.29, 1.82) is 0 Å². The number of carbonyl (C=O) groups excluding carboxylic acids is 3. The molecule has 2 N–H and O–H groups in total. The summed E-state index contributed by atoms with van der Waals surface area (Å²) >= 11 is 0. The summed E-state index contributed by atoms with van der Waals surface area (Å²) in [5.74, 6) is -1.62. The lowest BCUT2D eigenvalue weighted by atomic mass is 10.1. The van der Waals surface area contributed by atoms with Crippen molar-refractivity contribution in [2.24, 2.45) is 0 Å². The third-order valence-electron chi connectivity index (χ3n) is 3.08. The summed E-state index contributed by atoms with van der Waals surface area (Å²) in [6.07, 6.45) is -2.24. The fourth-order valence-electron chi connectivity index (χ4n) is 2.19. The summed E-state index contributed by atoms with van der Waals surface area (Å²) in [5.41, 5.74) is 0.556. The molecule has 2 rings (SSSR count). The number of carbonyl (C=O) groups is 4. The maximum atomic E-state index is 12.2. The number of hydrogen-bond donors (Lipinski definition) is 2. The molecule has 1 aromatic rings. The van der Waals surface area contributed by atoms with Gasteiger partial charge in [-0.05, 0) is 12.1 Å². The molecule has 0 aromatic heterocycles. The van der Waals surface area contributed by atoms with Gasteiger partial charge in [0.25, 0.3) is 11.8 Å². The average Bonchev–Trinajstić information content (AvgIpc) is 2.70. The fourth-order valence-corrected chi connectivity index (χ4v) is 2.19. The highest BCUT2D eigenvalue weighted by atomic mass is 16.5. The number of fused-ring (bicyclic) bond motifs is 1. The number of benzene rings is 1. The predicted octanol–water partition coefficient (Wildman–Crippen LogP) is 0.482. The molecule has 22 heavy (non-hydrogen) atoms. The number of nitrogens with zero attached hydrogens (tertiary/aromatic N) is 1. The van der Waals surface area contributed by atoms with Crippen LogP contribution in [0.1, 0.15) is 27.6 Å². The van der Waals surface area contributed by atoms with E-state index < -0.39 is 30.0 Å². The first-order valence-corrected chi connectivity index (χ1v) is 6.49. The molecule has 0 bridgehead atoms. The van der Waals surface area contributed by atoms with Gasteiger partial charge in [-0.1, -0.05) is 12.1 Å². The summed E-state index contributed by atoms with van der Waals surface area (Å²) in [4.78, 5) is 46.9. The average molecular weight is 306 g/mol. The van der Waals surface area contributed by atoms with Crippen LogP contribution in [0.5, 0.6) is 0 Å². The lowest BCUT2D eigenvalue weighted by Crippen LogP contribution is -2.44. The van der Waals surface area contributed by atoms with Gasteiger partial charge in [0.2, 0.25) is 0 Å². The zero-order valence-corrected chi connectivity index (χ0v) is 11.7. The van der Waals surface area contributed by atoms with Gasteiger partial charge in [0, 0.05) is 6.92 Å². The smallest absolute Gasteiger partial charge is 0.404 e. The zero-order valence-electron chi connectivity index (χ0n) is 11.7. The first kappa shape index (κ1) is 15.5. The van der Waals surface area contributed by atoms with Gasteiger partial charge in [-0.2, -0.15) is 0 Å². The van der Waals surface area contributed by atoms with Gasteiger partial charge in [-0.3, -0.25) is 19.3 Å². The third kappa shape index (κ3) is 3.22. The number of imide groups is 1. The first-order chi connectivity index (χ1) is 10.4. The van der Waals surface area contributed by atoms with Crippen LogP contribution in [0.25, 0.3) is 0 Å². The van der Waals surface area contributed by atoms with Crippen LogP contribution in [0.3, 0.4) is 0 Å². The molecular formula is C14H14N2O6. The molecule has 116 valence electrons.